The molecule has 0 radical (unpaired) electrons. The zero-order valence-electron chi connectivity index (χ0n) is 10.5. The molecule has 4 rings (SSSR count). The Morgan fingerprint density at radius 2 is 2.11 bits per heavy atom. The van der Waals surface area contributed by atoms with E-state index in [0.717, 1.165) is 28.1 Å². The smallest absolute Gasteiger partial charge is 0.141 e. The summed E-state index contributed by atoms with van der Waals surface area (Å²) in [4.78, 5) is 8.89. The van der Waals surface area contributed by atoms with Crippen LogP contribution in [0, 0.1) is 0 Å². The number of benzene rings is 1. The highest BCUT2D eigenvalue weighted by molar-refractivity contribution is 5.80. The molecule has 2 aromatic heterocycles. The third-order valence-electron chi connectivity index (χ3n) is 3.55. The van der Waals surface area contributed by atoms with Crippen LogP contribution in [0.1, 0.15) is 18.9 Å². The Bertz CT molecular complexity index is 756. The third kappa shape index (κ3) is 1.68. The number of nitrogen functional groups attached to an aromatic ring is 1. The number of pyridine rings is 1. The number of nitrogens with zero attached hydrogens (tertiary/aromatic N) is 3. The molecule has 1 saturated carbocycles. The van der Waals surface area contributed by atoms with Gasteiger partial charge >= 0.3 is 0 Å². The van der Waals surface area contributed by atoms with Gasteiger partial charge < -0.3 is 10.3 Å². The molecule has 2 N–H and O–H groups in total. The highest BCUT2D eigenvalue weighted by Crippen LogP contribution is 2.41. The van der Waals surface area contributed by atoms with E-state index in [0.29, 0.717) is 6.04 Å². The number of fused-ring (bicyclic) bond motifs is 1. The Kier molecular flexibility index (Phi) is 2.12. The predicted octanol–water partition coefficient (Wildman–Crippen LogP) is 3.02. The molecule has 4 nitrogen and oxygen atoms in total. The van der Waals surface area contributed by atoms with Gasteiger partial charge in [-0.25, -0.2) is 4.98 Å². The highest BCUT2D eigenvalue weighted by Gasteiger charge is 2.28. The molecule has 0 bridgehead atoms. The lowest BCUT2D eigenvalue weighted by Crippen LogP contribution is -1.97. The lowest BCUT2D eigenvalue weighted by molar-refractivity contribution is 0.775. The number of nitrogens with two attached hydrogens (primary N) is 1. The van der Waals surface area contributed by atoms with Gasteiger partial charge in [0.2, 0.25) is 0 Å². The van der Waals surface area contributed by atoms with Gasteiger partial charge in [-0.3, -0.25) is 4.98 Å². The van der Waals surface area contributed by atoms with Crippen molar-refractivity contribution < 1.29 is 0 Å². The Hall–Kier alpha value is -2.36. The SMILES string of the molecule is Nc1cccc(-c2nc3cnccc3n2C2CC2)c1. The van der Waals surface area contributed by atoms with Crippen LogP contribution in [-0.2, 0) is 0 Å². The summed E-state index contributed by atoms with van der Waals surface area (Å²) in [5.41, 5.74) is 9.84. The Morgan fingerprint density at radius 1 is 1.21 bits per heavy atom. The van der Waals surface area contributed by atoms with E-state index in [1.54, 1.807) is 0 Å². The quantitative estimate of drug-likeness (QED) is 0.711. The van der Waals surface area contributed by atoms with Gasteiger partial charge in [0.05, 0.1) is 11.7 Å². The van der Waals surface area contributed by atoms with E-state index in [4.69, 9.17) is 10.7 Å². The fourth-order valence-corrected chi connectivity index (χ4v) is 2.53. The molecular formula is C15H14N4. The first-order chi connectivity index (χ1) is 9.33. The summed E-state index contributed by atoms with van der Waals surface area (Å²) in [5, 5.41) is 0. The number of hydrogen-bond donors (Lipinski definition) is 1. The van der Waals surface area contributed by atoms with Crippen LogP contribution in [0.2, 0.25) is 0 Å². The zero-order chi connectivity index (χ0) is 12.8. The van der Waals surface area contributed by atoms with Crippen LogP contribution in [0.5, 0.6) is 0 Å². The number of rotatable bonds is 2. The van der Waals surface area contributed by atoms with Gasteiger partial charge in [-0.15, -0.1) is 0 Å². The fourth-order valence-electron chi connectivity index (χ4n) is 2.53. The molecule has 1 aromatic carbocycles. The van der Waals surface area contributed by atoms with Crippen LogP contribution in [0.3, 0.4) is 0 Å². The van der Waals surface area contributed by atoms with Crippen molar-refractivity contribution in [2.24, 2.45) is 0 Å². The minimum absolute atomic E-state index is 0.573. The molecule has 19 heavy (non-hydrogen) atoms. The second kappa shape index (κ2) is 3.82. The summed E-state index contributed by atoms with van der Waals surface area (Å²) in [7, 11) is 0. The van der Waals surface area contributed by atoms with Crippen molar-refractivity contribution in [2.75, 3.05) is 5.73 Å². The van der Waals surface area contributed by atoms with Crippen molar-refractivity contribution in [3.63, 3.8) is 0 Å². The van der Waals surface area contributed by atoms with Crippen LogP contribution in [0.4, 0.5) is 5.69 Å². The van der Waals surface area contributed by atoms with Gasteiger partial charge in [-0.1, -0.05) is 12.1 Å². The molecule has 4 heteroatoms. The van der Waals surface area contributed by atoms with Gasteiger partial charge in [0.15, 0.2) is 0 Å². The van der Waals surface area contributed by atoms with Gasteiger partial charge in [-0.2, -0.15) is 0 Å². The topological polar surface area (TPSA) is 56.7 Å². The molecule has 1 fully saturated rings. The maximum Gasteiger partial charge on any atom is 0.141 e. The van der Waals surface area contributed by atoms with E-state index in [-0.39, 0.29) is 0 Å². The highest BCUT2D eigenvalue weighted by atomic mass is 15.1. The molecule has 0 saturated heterocycles. The molecule has 94 valence electrons. The number of anilines is 1. The standard InChI is InChI=1S/C15H14N4/c16-11-3-1-2-10(8-11)15-18-13-9-17-7-6-14(13)19(15)12-4-5-12/h1-3,6-9,12H,4-5,16H2. The molecule has 2 heterocycles. The monoisotopic (exact) mass is 250 g/mol. The Balaban J connectivity index is 2.00. The minimum Gasteiger partial charge on any atom is -0.399 e. The summed E-state index contributed by atoms with van der Waals surface area (Å²) in [6.45, 7) is 0. The molecular weight excluding hydrogens is 236 g/mol. The molecule has 0 aliphatic heterocycles. The average Bonchev–Trinajstić information content (AvgIpc) is 3.18. The fraction of sp³-hybridized carbons (Fsp3) is 0.200. The van der Waals surface area contributed by atoms with Crippen molar-refractivity contribution in [2.45, 2.75) is 18.9 Å². The molecule has 1 aliphatic rings. The van der Waals surface area contributed by atoms with Crippen molar-refractivity contribution in [3.05, 3.63) is 42.7 Å². The lowest BCUT2D eigenvalue weighted by Gasteiger charge is -2.08. The van der Waals surface area contributed by atoms with E-state index in [1.807, 2.05) is 36.7 Å². The van der Waals surface area contributed by atoms with Crippen molar-refractivity contribution in [1.82, 2.24) is 14.5 Å². The molecule has 0 atom stereocenters. The lowest BCUT2D eigenvalue weighted by atomic mass is 10.2. The van der Waals surface area contributed by atoms with Gasteiger partial charge in [0.1, 0.15) is 11.3 Å². The van der Waals surface area contributed by atoms with Crippen LogP contribution in [-0.4, -0.2) is 14.5 Å². The van der Waals surface area contributed by atoms with E-state index >= 15 is 0 Å². The summed E-state index contributed by atoms with van der Waals surface area (Å²) >= 11 is 0. The maximum absolute atomic E-state index is 5.88. The van der Waals surface area contributed by atoms with Crippen LogP contribution < -0.4 is 5.73 Å². The minimum atomic E-state index is 0.573. The first-order valence-corrected chi connectivity index (χ1v) is 6.51. The zero-order valence-corrected chi connectivity index (χ0v) is 10.5. The largest absolute Gasteiger partial charge is 0.399 e. The normalized spacial score (nSPS) is 14.9. The second-order valence-electron chi connectivity index (χ2n) is 5.03. The third-order valence-corrected chi connectivity index (χ3v) is 3.55. The molecule has 0 unspecified atom stereocenters. The summed E-state index contributed by atoms with van der Waals surface area (Å²) in [6, 6.07) is 10.5. The van der Waals surface area contributed by atoms with Gasteiger partial charge in [0.25, 0.3) is 0 Å². The number of imidazole rings is 1. The average molecular weight is 250 g/mol. The number of aromatic nitrogens is 3. The Morgan fingerprint density at radius 3 is 2.89 bits per heavy atom. The second-order valence-corrected chi connectivity index (χ2v) is 5.03. The van der Waals surface area contributed by atoms with Crippen LogP contribution in [0.15, 0.2) is 42.7 Å². The molecule has 0 amide bonds. The van der Waals surface area contributed by atoms with Gasteiger partial charge in [0, 0.05) is 23.5 Å². The van der Waals surface area contributed by atoms with E-state index in [2.05, 4.69) is 15.6 Å². The molecule has 3 aromatic rings. The molecule has 1 aliphatic carbocycles. The van der Waals surface area contributed by atoms with Crippen molar-refractivity contribution >= 4 is 16.7 Å². The molecule has 0 spiro atoms. The predicted molar refractivity (Wildman–Crippen MR) is 75.6 cm³/mol. The van der Waals surface area contributed by atoms with Crippen LogP contribution in [0.25, 0.3) is 22.4 Å². The summed E-state index contributed by atoms with van der Waals surface area (Å²) < 4.78 is 2.33. The Labute approximate surface area is 110 Å². The van der Waals surface area contributed by atoms with E-state index in [1.165, 1.54) is 12.8 Å². The summed E-state index contributed by atoms with van der Waals surface area (Å²) in [5.74, 6) is 0.998. The summed E-state index contributed by atoms with van der Waals surface area (Å²) in [6.07, 6.45) is 6.10. The first kappa shape index (κ1) is 10.6. The number of hydrogen-bond acceptors (Lipinski definition) is 3. The van der Waals surface area contributed by atoms with E-state index in [9.17, 15) is 0 Å². The van der Waals surface area contributed by atoms with Crippen molar-refractivity contribution in [1.29, 1.82) is 0 Å². The van der Waals surface area contributed by atoms with E-state index < -0.39 is 0 Å². The first-order valence-electron chi connectivity index (χ1n) is 6.51. The maximum atomic E-state index is 5.88. The van der Waals surface area contributed by atoms with Gasteiger partial charge in [-0.05, 0) is 31.0 Å². The van der Waals surface area contributed by atoms with Crippen molar-refractivity contribution in [3.8, 4) is 11.4 Å². The van der Waals surface area contributed by atoms with Crippen LogP contribution >= 0.6 is 0 Å².